The van der Waals surface area contributed by atoms with Gasteiger partial charge in [0, 0.05) is 11.1 Å². The molecule has 0 saturated carbocycles. The van der Waals surface area contributed by atoms with E-state index in [1.807, 2.05) is 18.2 Å². The van der Waals surface area contributed by atoms with Crippen LogP contribution in [0.2, 0.25) is 0 Å². The Hall–Kier alpha value is -2.54. The molecular formula is C19H14O. The summed E-state index contributed by atoms with van der Waals surface area (Å²) in [4.78, 5) is 0. The van der Waals surface area contributed by atoms with Gasteiger partial charge in [0.15, 0.2) is 0 Å². The standard InChI is InChI=1S/C19H14O/c1-13-11-17(14-7-3-2-4-8-14)20-18-12-15-9-5-6-10-16(15)19(13)18/h2-12H,1H3. The highest BCUT2D eigenvalue weighted by Crippen LogP contribution is 2.39. The first-order chi connectivity index (χ1) is 9.83. The molecular weight excluding hydrogens is 244 g/mol. The lowest BCUT2D eigenvalue weighted by Crippen LogP contribution is -1.85. The lowest BCUT2D eigenvalue weighted by Gasteiger charge is -2.08. The molecule has 2 aromatic rings. The van der Waals surface area contributed by atoms with Gasteiger partial charge in [-0.25, -0.2) is 0 Å². The Morgan fingerprint density at radius 3 is 2.35 bits per heavy atom. The van der Waals surface area contributed by atoms with Gasteiger partial charge in [0.2, 0.25) is 0 Å². The van der Waals surface area contributed by atoms with Crippen LogP contribution in [0.25, 0.3) is 33.4 Å². The van der Waals surface area contributed by atoms with Gasteiger partial charge in [-0.3, -0.25) is 0 Å². The fraction of sp³-hybridized carbons (Fsp3) is 0.0526. The monoisotopic (exact) mass is 258 g/mol. The third kappa shape index (κ3) is 1.64. The molecule has 0 amide bonds. The summed E-state index contributed by atoms with van der Waals surface area (Å²) in [6, 6.07) is 22.9. The molecule has 0 bridgehead atoms. The molecule has 2 aromatic carbocycles. The van der Waals surface area contributed by atoms with Gasteiger partial charge in [-0.2, -0.15) is 0 Å². The average Bonchev–Trinajstić information content (AvgIpc) is 2.87. The summed E-state index contributed by atoms with van der Waals surface area (Å²) < 4.78 is 6.11. The van der Waals surface area contributed by atoms with Crippen LogP contribution in [0.15, 0.2) is 71.1 Å². The largest absolute Gasteiger partial charge is 0.456 e. The molecule has 1 heterocycles. The fourth-order valence-electron chi connectivity index (χ4n) is 2.85. The van der Waals surface area contributed by atoms with Gasteiger partial charge in [0.05, 0.1) is 0 Å². The first-order valence-corrected chi connectivity index (χ1v) is 6.80. The van der Waals surface area contributed by atoms with E-state index in [-0.39, 0.29) is 0 Å². The Balaban J connectivity index is 2.03. The van der Waals surface area contributed by atoms with E-state index < -0.39 is 0 Å². The topological polar surface area (TPSA) is 13.1 Å². The summed E-state index contributed by atoms with van der Waals surface area (Å²) in [6.07, 6.45) is 0. The summed E-state index contributed by atoms with van der Waals surface area (Å²) in [5.41, 5.74) is 3.59. The van der Waals surface area contributed by atoms with Crippen LogP contribution in [0.1, 0.15) is 5.56 Å². The van der Waals surface area contributed by atoms with Crippen molar-refractivity contribution in [2.45, 2.75) is 6.92 Å². The second-order valence-corrected chi connectivity index (χ2v) is 5.13. The van der Waals surface area contributed by atoms with E-state index in [0.717, 1.165) is 17.1 Å². The maximum Gasteiger partial charge on any atom is 0.136 e. The molecule has 1 aliphatic heterocycles. The zero-order chi connectivity index (χ0) is 13.5. The van der Waals surface area contributed by atoms with Crippen LogP contribution in [-0.4, -0.2) is 0 Å². The van der Waals surface area contributed by atoms with Crippen LogP contribution >= 0.6 is 0 Å². The van der Waals surface area contributed by atoms with E-state index >= 15 is 0 Å². The predicted molar refractivity (Wildman–Crippen MR) is 83.0 cm³/mol. The zero-order valence-electron chi connectivity index (χ0n) is 11.3. The van der Waals surface area contributed by atoms with Crippen LogP contribution in [0.5, 0.6) is 0 Å². The minimum absolute atomic E-state index is 0.922. The molecule has 0 radical (unpaired) electrons. The van der Waals surface area contributed by atoms with E-state index in [9.17, 15) is 0 Å². The summed E-state index contributed by atoms with van der Waals surface area (Å²) in [6.45, 7) is 2.15. The molecule has 0 atom stereocenters. The quantitative estimate of drug-likeness (QED) is 0.438. The van der Waals surface area contributed by atoms with Gasteiger partial charge in [-0.15, -0.1) is 0 Å². The molecule has 0 saturated heterocycles. The molecule has 1 nitrogen and oxygen atoms in total. The third-order valence-corrected chi connectivity index (χ3v) is 3.78. The Morgan fingerprint density at radius 1 is 0.750 bits per heavy atom. The molecule has 1 heteroatoms. The molecule has 0 aromatic heterocycles. The predicted octanol–water partition coefficient (Wildman–Crippen LogP) is 5.51. The van der Waals surface area contributed by atoms with Gasteiger partial charge in [0.25, 0.3) is 0 Å². The molecule has 1 aliphatic carbocycles. The van der Waals surface area contributed by atoms with Gasteiger partial charge in [-0.05, 0) is 35.4 Å². The molecule has 0 unspecified atom stereocenters. The zero-order valence-corrected chi connectivity index (χ0v) is 11.3. The van der Waals surface area contributed by atoms with Crippen molar-refractivity contribution in [2.24, 2.45) is 0 Å². The summed E-state index contributed by atoms with van der Waals surface area (Å²) in [5, 5.41) is 2.50. The molecule has 20 heavy (non-hydrogen) atoms. The summed E-state index contributed by atoms with van der Waals surface area (Å²) in [7, 11) is 0. The Kier molecular flexibility index (Phi) is 2.40. The molecule has 0 spiro atoms. The second kappa shape index (κ2) is 4.24. The molecule has 96 valence electrons. The molecule has 4 rings (SSSR count). The normalized spacial score (nSPS) is 11.2. The minimum atomic E-state index is 0.922. The molecule has 0 N–H and O–H groups in total. The van der Waals surface area contributed by atoms with E-state index in [1.54, 1.807) is 0 Å². The van der Waals surface area contributed by atoms with Crippen LogP contribution in [0.4, 0.5) is 0 Å². The number of aryl methyl sites for hydroxylation is 1. The lowest BCUT2D eigenvalue weighted by molar-refractivity contribution is 0.582. The Morgan fingerprint density at radius 2 is 1.50 bits per heavy atom. The van der Waals surface area contributed by atoms with Gasteiger partial charge in [0.1, 0.15) is 11.5 Å². The van der Waals surface area contributed by atoms with E-state index in [2.05, 4.69) is 55.5 Å². The highest BCUT2D eigenvalue weighted by atomic mass is 16.3. The molecule has 0 fully saturated rings. The SMILES string of the molecule is Cc1cc(-c2ccccc2)oc2cc3ccccc3c1-2. The van der Waals surface area contributed by atoms with Crippen molar-refractivity contribution in [3.8, 4) is 22.6 Å². The van der Waals surface area contributed by atoms with Crippen LogP contribution < -0.4 is 0 Å². The van der Waals surface area contributed by atoms with Crippen molar-refractivity contribution in [3.05, 3.63) is 72.3 Å². The highest BCUT2D eigenvalue weighted by Gasteiger charge is 2.16. The van der Waals surface area contributed by atoms with E-state index in [0.29, 0.717) is 0 Å². The van der Waals surface area contributed by atoms with Crippen molar-refractivity contribution in [3.63, 3.8) is 0 Å². The van der Waals surface area contributed by atoms with Gasteiger partial charge >= 0.3 is 0 Å². The van der Waals surface area contributed by atoms with E-state index in [4.69, 9.17) is 4.42 Å². The lowest BCUT2D eigenvalue weighted by atomic mass is 10.0. The van der Waals surface area contributed by atoms with Crippen LogP contribution in [-0.2, 0) is 0 Å². The van der Waals surface area contributed by atoms with Crippen LogP contribution in [0.3, 0.4) is 0 Å². The average molecular weight is 258 g/mol. The third-order valence-electron chi connectivity index (χ3n) is 3.78. The van der Waals surface area contributed by atoms with Crippen molar-refractivity contribution in [1.29, 1.82) is 0 Å². The van der Waals surface area contributed by atoms with Crippen molar-refractivity contribution >= 4 is 10.8 Å². The number of fused-ring (bicyclic) bond motifs is 3. The van der Waals surface area contributed by atoms with E-state index in [1.165, 1.54) is 21.9 Å². The van der Waals surface area contributed by atoms with Crippen molar-refractivity contribution < 1.29 is 4.42 Å². The maximum absolute atomic E-state index is 6.11. The number of benzene rings is 2. The summed E-state index contributed by atoms with van der Waals surface area (Å²) >= 11 is 0. The van der Waals surface area contributed by atoms with Crippen LogP contribution in [0, 0.1) is 6.92 Å². The minimum Gasteiger partial charge on any atom is -0.456 e. The Labute approximate surface area is 117 Å². The molecule has 2 aliphatic rings. The summed E-state index contributed by atoms with van der Waals surface area (Å²) in [5.74, 6) is 1.89. The first kappa shape index (κ1) is 11.3. The second-order valence-electron chi connectivity index (χ2n) is 5.13. The van der Waals surface area contributed by atoms with Gasteiger partial charge < -0.3 is 4.42 Å². The number of hydrogen-bond acceptors (Lipinski definition) is 1. The van der Waals surface area contributed by atoms with Gasteiger partial charge in [-0.1, -0.05) is 54.6 Å². The van der Waals surface area contributed by atoms with Crippen molar-refractivity contribution in [2.75, 3.05) is 0 Å². The number of hydrogen-bond donors (Lipinski definition) is 0. The fourth-order valence-corrected chi connectivity index (χ4v) is 2.85. The number of rotatable bonds is 1. The first-order valence-electron chi connectivity index (χ1n) is 6.80. The maximum atomic E-state index is 6.11. The Bertz CT molecular complexity index is 856. The smallest absolute Gasteiger partial charge is 0.136 e. The van der Waals surface area contributed by atoms with Crippen molar-refractivity contribution in [1.82, 2.24) is 0 Å². The highest BCUT2D eigenvalue weighted by molar-refractivity contribution is 6.02.